The van der Waals surface area contributed by atoms with E-state index < -0.39 is 45.7 Å². The van der Waals surface area contributed by atoms with Crippen LogP contribution in [0.1, 0.15) is 43.5 Å². The van der Waals surface area contributed by atoms with Crippen LogP contribution in [0.3, 0.4) is 0 Å². The number of aliphatic hydroxyl groups is 1. The second kappa shape index (κ2) is 9.62. The fourth-order valence-electron chi connectivity index (χ4n) is 4.40. The van der Waals surface area contributed by atoms with E-state index in [2.05, 4.69) is 0 Å². The van der Waals surface area contributed by atoms with Gasteiger partial charge in [0.15, 0.2) is 5.75 Å². The minimum Gasteiger partial charge on any atom is -0.507 e. The van der Waals surface area contributed by atoms with E-state index in [4.69, 9.17) is 4.74 Å². The first-order chi connectivity index (χ1) is 17.8. The van der Waals surface area contributed by atoms with Gasteiger partial charge in [0.05, 0.1) is 29.2 Å². The topological polar surface area (TPSA) is 130 Å². The van der Waals surface area contributed by atoms with Gasteiger partial charge in [0, 0.05) is 11.8 Å². The predicted molar refractivity (Wildman–Crippen MR) is 138 cm³/mol. The number of phenolic OH excluding ortho intramolecular Hbond substituents is 1. The summed E-state index contributed by atoms with van der Waals surface area (Å²) in [5, 5.41) is 33.1. The highest BCUT2D eigenvalue weighted by atomic mass is 19.1. The van der Waals surface area contributed by atoms with Crippen molar-refractivity contribution in [3.05, 3.63) is 98.9 Å². The summed E-state index contributed by atoms with van der Waals surface area (Å²) in [6.45, 7) is 5.87. The number of nitrogens with zero attached hydrogens (tertiary/aromatic N) is 2. The molecule has 196 valence electrons. The van der Waals surface area contributed by atoms with Crippen molar-refractivity contribution < 1.29 is 33.9 Å². The smallest absolute Gasteiger partial charge is 0.311 e. The molecular formula is C28H25FN2O7. The van der Waals surface area contributed by atoms with E-state index in [1.165, 1.54) is 25.3 Å². The summed E-state index contributed by atoms with van der Waals surface area (Å²) in [6, 6.07) is 12.0. The van der Waals surface area contributed by atoms with Crippen LogP contribution in [-0.2, 0) is 15.0 Å². The number of rotatable bonds is 5. The lowest BCUT2D eigenvalue weighted by atomic mass is 9.85. The molecule has 2 N–H and O–H groups in total. The molecule has 3 aromatic carbocycles. The Balaban J connectivity index is 2.05. The molecular weight excluding hydrogens is 495 g/mol. The molecule has 0 radical (unpaired) electrons. The van der Waals surface area contributed by atoms with Crippen LogP contribution in [0.15, 0.2) is 66.2 Å². The van der Waals surface area contributed by atoms with E-state index in [-0.39, 0.29) is 33.6 Å². The molecule has 1 aliphatic heterocycles. The van der Waals surface area contributed by atoms with Crippen LogP contribution in [0.25, 0.3) is 5.76 Å². The fourth-order valence-corrected chi connectivity index (χ4v) is 4.40. The van der Waals surface area contributed by atoms with Gasteiger partial charge in [-0.2, -0.15) is 0 Å². The molecule has 38 heavy (non-hydrogen) atoms. The normalized spacial score (nSPS) is 17.1. The lowest BCUT2D eigenvalue weighted by Crippen LogP contribution is -2.29. The van der Waals surface area contributed by atoms with Crippen LogP contribution in [0, 0.1) is 15.9 Å². The Hall–Kier alpha value is -4.73. The van der Waals surface area contributed by atoms with Crippen LogP contribution >= 0.6 is 0 Å². The second-order valence-corrected chi connectivity index (χ2v) is 9.82. The predicted octanol–water partition coefficient (Wildman–Crippen LogP) is 5.37. The van der Waals surface area contributed by atoms with Crippen molar-refractivity contribution >= 4 is 28.8 Å². The number of phenols is 1. The zero-order valence-corrected chi connectivity index (χ0v) is 21.1. The van der Waals surface area contributed by atoms with Gasteiger partial charge in [0.1, 0.15) is 17.3 Å². The highest BCUT2D eigenvalue weighted by molar-refractivity contribution is 6.51. The zero-order valence-electron chi connectivity index (χ0n) is 21.1. The standard InChI is InChI=1S/C28H25FN2O7/c1-28(2,3)16-9-11-22(38-4)19(13-16)25(33)23-24(15-8-10-21(32)20(12-15)31(36)37)30(27(35)26(23)34)18-7-5-6-17(29)14-18/h5-14,24,32-33H,1-4H3/b25-23+. The number of hydrogen-bond donors (Lipinski definition) is 2. The van der Waals surface area contributed by atoms with Crippen molar-refractivity contribution in [3.63, 3.8) is 0 Å². The Morgan fingerprint density at radius 2 is 1.79 bits per heavy atom. The quantitative estimate of drug-likeness (QED) is 0.152. The van der Waals surface area contributed by atoms with Gasteiger partial charge in [-0.25, -0.2) is 4.39 Å². The number of aromatic hydroxyl groups is 1. The molecule has 10 heteroatoms. The number of benzene rings is 3. The molecule has 0 spiro atoms. The van der Waals surface area contributed by atoms with Crippen molar-refractivity contribution in [1.29, 1.82) is 0 Å². The Bertz CT molecular complexity index is 1510. The maximum absolute atomic E-state index is 14.1. The third-order valence-electron chi connectivity index (χ3n) is 6.36. The minimum atomic E-state index is -1.38. The van der Waals surface area contributed by atoms with Gasteiger partial charge in [0.2, 0.25) is 0 Å². The number of nitro benzene ring substituents is 1. The molecule has 3 aromatic rings. The van der Waals surface area contributed by atoms with E-state index >= 15 is 0 Å². The molecule has 1 atom stereocenters. The maximum atomic E-state index is 14.1. The van der Waals surface area contributed by atoms with Gasteiger partial charge < -0.3 is 14.9 Å². The Labute approximate surface area is 217 Å². The van der Waals surface area contributed by atoms with Gasteiger partial charge >= 0.3 is 5.69 Å². The first-order valence-corrected chi connectivity index (χ1v) is 11.6. The number of ether oxygens (including phenoxy) is 1. The number of methoxy groups -OCH3 is 1. The average molecular weight is 521 g/mol. The number of carbonyl (C=O) groups is 2. The Morgan fingerprint density at radius 1 is 1.08 bits per heavy atom. The Morgan fingerprint density at radius 3 is 2.39 bits per heavy atom. The average Bonchev–Trinajstić information content (AvgIpc) is 3.13. The molecule has 1 unspecified atom stereocenters. The minimum absolute atomic E-state index is 0.00212. The van der Waals surface area contributed by atoms with Gasteiger partial charge in [-0.3, -0.25) is 24.6 Å². The fraction of sp³-hybridized carbons (Fsp3) is 0.214. The number of amides is 1. The highest BCUT2D eigenvalue weighted by Gasteiger charge is 2.48. The van der Waals surface area contributed by atoms with E-state index in [0.717, 1.165) is 34.7 Å². The van der Waals surface area contributed by atoms with Crippen LogP contribution in [-0.4, -0.2) is 33.9 Å². The molecule has 0 aromatic heterocycles. The number of halogens is 1. The van der Waals surface area contributed by atoms with E-state index in [1.54, 1.807) is 12.1 Å². The molecule has 4 rings (SSSR count). The van der Waals surface area contributed by atoms with Crippen LogP contribution < -0.4 is 9.64 Å². The molecule has 0 saturated carbocycles. The first kappa shape index (κ1) is 26.3. The molecule has 1 fully saturated rings. The third-order valence-corrected chi connectivity index (χ3v) is 6.36. The lowest BCUT2D eigenvalue weighted by molar-refractivity contribution is -0.385. The van der Waals surface area contributed by atoms with Gasteiger partial charge in [0.25, 0.3) is 11.7 Å². The number of aliphatic hydroxyl groups excluding tert-OH is 1. The van der Waals surface area contributed by atoms with Crippen LogP contribution in [0.5, 0.6) is 11.5 Å². The molecule has 1 amide bonds. The van der Waals surface area contributed by atoms with Gasteiger partial charge in [-0.1, -0.05) is 39.0 Å². The van der Waals surface area contributed by atoms with E-state index in [9.17, 15) is 34.3 Å². The largest absolute Gasteiger partial charge is 0.507 e. The summed E-state index contributed by atoms with van der Waals surface area (Å²) in [7, 11) is 1.38. The highest BCUT2D eigenvalue weighted by Crippen LogP contribution is 2.45. The van der Waals surface area contributed by atoms with E-state index in [0.29, 0.717) is 0 Å². The summed E-state index contributed by atoms with van der Waals surface area (Å²) in [6.07, 6.45) is 0. The number of nitro groups is 1. The number of anilines is 1. The number of carbonyl (C=O) groups excluding carboxylic acids is 2. The third kappa shape index (κ3) is 4.56. The van der Waals surface area contributed by atoms with Crippen LogP contribution in [0.4, 0.5) is 15.8 Å². The molecule has 0 bridgehead atoms. The van der Waals surface area contributed by atoms with Crippen molar-refractivity contribution in [1.82, 2.24) is 0 Å². The van der Waals surface area contributed by atoms with Crippen molar-refractivity contribution in [2.75, 3.05) is 12.0 Å². The molecule has 1 aliphatic rings. The summed E-state index contributed by atoms with van der Waals surface area (Å²) >= 11 is 0. The monoisotopic (exact) mass is 520 g/mol. The second-order valence-electron chi connectivity index (χ2n) is 9.82. The number of Topliss-reactive ketones (excluding diaryl/α,β-unsaturated/α-hetero) is 1. The first-order valence-electron chi connectivity index (χ1n) is 11.6. The molecule has 1 saturated heterocycles. The summed E-state index contributed by atoms with van der Waals surface area (Å²) < 4.78 is 19.6. The maximum Gasteiger partial charge on any atom is 0.311 e. The molecule has 0 aliphatic carbocycles. The molecule has 1 heterocycles. The summed E-state index contributed by atoms with van der Waals surface area (Å²) in [5.41, 5.74) is -0.395. The number of ketones is 1. The van der Waals surface area contributed by atoms with Gasteiger partial charge in [-0.15, -0.1) is 0 Å². The van der Waals surface area contributed by atoms with Crippen LogP contribution in [0.2, 0.25) is 0 Å². The lowest BCUT2D eigenvalue weighted by Gasteiger charge is -2.26. The van der Waals surface area contributed by atoms with Gasteiger partial charge in [-0.05, 0) is 52.9 Å². The summed E-state index contributed by atoms with van der Waals surface area (Å²) in [4.78, 5) is 38.4. The zero-order chi connectivity index (χ0) is 27.9. The number of hydrogen-bond acceptors (Lipinski definition) is 7. The SMILES string of the molecule is COc1ccc(C(C)(C)C)cc1/C(O)=C1\C(=O)C(=O)N(c2cccc(F)c2)C1c1ccc(O)c([N+](=O)[O-])c1. The molecule has 9 nitrogen and oxygen atoms in total. The van der Waals surface area contributed by atoms with Crippen molar-refractivity contribution in [3.8, 4) is 11.5 Å². The van der Waals surface area contributed by atoms with E-state index in [1.807, 2.05) is 26.8 Å². The Kier molecular flexibility index (Phi) is 6.67. The summed E-state index contributed by atoms with van der Waals surface area (Å²) in [5.74, 6) is -3.78. The van der Waals surface area contributed by atoms with Crippen molar-refractivity contribution in [2.45, 2.75) is 32.2 Å². The van der Waals surface area contributed by atoms with Crippen molar-refractivity contribution in [2.24, 2.45) is 0 Å².